The monoisotopic (exact) mass is 198 g/mol. The van der Waals surface area contributed by atoms with Gasteiger partial charge in [-0.05, 0) is 0 Å². The lowest BCUT2D eigenvalue weighted by molar-refractivity contribution is -0.279. The van der Waals surface area contributed by atoms with Crippen LogP contribution in [0.5, 0.6) is 0 Å². The molecule has 0 unspecified atom stereocenters. The lowest BCUT2D eigenvalue weighted by Gasteiger charge is -2.36. The van der Waals surface area contributed by atoms with Crippen LogP contribution in [0.2, 0.25) is 0 Å². The van der Waals surface area contributed by atoms with Crippen molar-refractivity contribution >= 4 is 5.97 Å². The first-order valence-corrected chi connectivity index (χ1v) is 3.09. The summed E-state index contributed by atoms with van der Waals surface area (Å²) in [7, 11) is 0. The van der Waals surface area contributed by atoms with Gasteiger partial charge in [0.1, 0.15) is 18.2 Å². The summed E-state index contributed by atoms with van der Waals surface area (Å²) in [6, 6.07) is 0. The van der Waals surface area contributed by atoms with Crippen molar-refractivity contribution in [2.75, 3.05) is 0 Å². The van der Waals surface area contributed by atoms with E-state index in [0.717, 1.165) is 0 Å². The summed E-state index contributed by atoms with van der Waals surface area (Å²) < 4.78 is 32.1. The topological polar surface area (TPSA) is 127 Å². The van der Waals surface area contributed by atoms with E-state index in [1.165, 1.54) is 0 Å². The Hall–Kier alpha value is -0.730. The summed E-state index contributed by atoms with van der Waals surface area (Å²) in [5, 5.41) is 45.7. The van der Waals surface area contributed by atoms with Gasteiger partial charge in [-0.25, -0.2) is 4.79 Å². The Kier molecular flexibility index (Phi) is 1.61. The molecule has 5 N–H and O–H groups in total. The molecule has 0 aromatic heterocycles. The van der Waals surface area contributed by atoms with Crippen LogP contribution in [0.25, 0.3) is 0 Å². The number of aliphatic carboxylic acids is 1. The normalized spacial score (nSPS) is 73.1. The Bertz CT molecular complexity index is 352. The van der Waals surface area contributed by atoms with E-state index in [1.54, 1.807) is 0 Å². The average molecular weight is 198 g/mol. The Labute approximate surface area is 78.4 Å². The van der Waals surface area contributed by atoms with Crippen molar-refractivity contribution in [2.24, 2.45) is 0 Å². The van der Waals surface area contributed by atoms with Gasteiger partial charge in [-0.2, -0.15) is 0 Å². The molecule has 0 radical (unpaired) electrons. The van der Waals surface area contributed by atoms with Crippen molar-refractivity contribution in [2.45, 2.75) is 30.6 Å². The lowest BCUT2D eigenvalue weighted by Crippen LogP contribution is -2.59. The van der Waals surface area contributed by atoms with Crippen molar-refractivity contribution in [1.29, 1.82) is 0 Å². The summed E-state index contributed by atoms with van der Waals surface area (Å²) in [6.07, 6.45) is -17.8. The largest absolute Gasteiger partial charge is 0.479 e. The molecule has 0 aromatic rings. The van der Waals surface area contributed by atoms with Crippen molar-refractivity contribution in [1.82, 2.24) is 0 Å². The third kappa shape index (κ3) is 1.79. The zero-order valence-electron chi connectivity index (χ0n) is 10.1. The molecule has 1 heterocycles. The number of hydrogen-bond acceptors (Lipinski definition) is 6. The fourth-order valence-electron chi connectivity index (χ4n) is 0.737. The minimum absolute atomic E-state index is 2.06. The number of rotatable bonds is 1. The van der Waals surface area contributed by atoms with Crippen molar-refractivity contribution in [3.8, 4) is 0 Å². The molecule has 0 spiro atoms. The molecule has 0 aliphatic carbocycles. The third-order valence-electron chi connectivity index (χ3n) is 1.37. The highest BCUT2D eigenvalue weighted by atomic mass is 16.6. The molecule has 0 saturated carbocycles. The lowest BCUT2D eigenvalue weighted by atomic mass is 9.99. The van der Waals surface area contributed by atoms with Crippen LogP contribution in [0.1, 0.15) is 5.48 Å². The van der Waals surface area contributed by atoms with Gasteiger partial charge in [0, 0.05) is 0 Å². The SMILES string of the molecule is [2H][C@@]1(O)[C@@]([2H])(O)[C@]([2H])(O)[C@@H](C(=O)O)O[C@@]1([2H])O. The molecule has 0 aromatic carbocycles. The van der Waals surface area contributed by atoms with E-state index in [0.29, 0.717) is 0 Å². The number of carbonyl (C=O) groups is 1. The summed E-state index contributed by atoms with van der Waals surface area (Å²) in [5.41, 5.74) is 0. The highest BCUT2D eigenvalue weighted by Gasteiger charge is 2.46. The van der Waals surface area contributed by atoms with Crippen LogP contribution >= 0.6 is 0 Å². The molecule has 1 aliphatic rings. The van der Waals surface area contributed by atoms with Crippen molar-refractivity contribution in [3.05, 3.63) is 0 Å². The van der Waals surface area contributed by atoms with Crippen LogP contribution in [0.15, 0.2) is 0 Å². The molecule has 1 saturated heterocycles. The van der Waals surface area contributed by atoms with Gasteiger partial charge in [0.2, 0.25) is 0 Å². The van der Waals surface area contributed by atoms with Gasteiger partial charge in [-0.1, -0.05) is 0 Å². The van der Waals surface area contributed by atoms with Gasteiger partial charge in [0.05, 0.1) is 5.48 Å². The van der Waals surface area contributed by atoms with Crippen LogP contribution in [0.3, 0.4) is 0 Å². The predicted octanol–water partition coefficient (Wildman–Crippen LogP) is -3.13. The Morgan fingerprint density at radius 3 is 2.15 bits per heavy atom. The van der Waals surface area contributed by atoms with Crippen LogP contribution < -0.4 is 0 Å². The molecular formula is C6H10O7. The molecule has 7 nitrogen and oxygen atoms in total. The molecule has 1 rings (SSSR count). The minimum Gasteiger partial charge on any atom is -0.479 e. The van der Waals surface area contributed by atoms with Crippen LogP contribution in [-0.2, 0) is 9.53 Å². The Morgan fingerprint density at radius 2 is 1.69 bits per heavy atom. The van der Waals surface area contributed by atoms with Gasteiger partial charge in [0.15, 0.2) is 12.4 Å². The second-order valence-corrected chi connectivity index (χ2v) is 2.22. The maximum absolute atomic E-state index is 10.6. The number of aliphatic hydroxyl groups is 4. The number of carboxylic acid groups (broad SMARTS) is 1. The quantitative estimate of drug-likeness (QED) is 0.301. The molecule has 0 bridgehead atoms. The first kappa shape index (κ1) is 5.89. The zero-order chi connectivity index (χ0) is 13.9. The smallest absolute Gasteiger partial charge is 0.335 e. The minimum atomic E-state index is -3.89. The molecule has 1 fully saturated rings. The third-order valence-corrected chi connectivity index (χ3v) is 1.37. The summed E-state index contributed by atoms with van der Waals surface area (Å²) in [4.78, 5) is 10.6. The Balaban J connectivity index is 3.39. The van der Waals surface area contributed by atoms with E-state index in [2.05, 4.69) is 4.74 Å². The zero-order valence-corrected chi connectivity index (χ0v) is 6.13. The van der Waals surface area contributed by atoms with E-state index in [1.807, 2.05) is 0 Å². The summed E-state index contributed by atoms with van der Waals surface area (Å²) in [6.45, 7) is 0. The second kappa shape index (κ2) is 3.56. The molecule has 7 heteroatoms. The maximum Gasteiger partial charge on any atom is 0.335 e. The highest BCUT2D eigenvalue weighted by molar-refractivity contribution is 5.73. The van der Waals surface area contributed by atoms with Crippen molar-refractivity contribution < 1.29 is 40.5 Å². The predicted molar refractivity (Wildman–Crippen MR) is 36.5 cm³/mol. The maximum atomic E-state index is 10.6. The molecule has 5 atom stereocenters. The van der Waals surface area contributed by atoms with Crippen LogP contribution in [0.4, 0.5) is 0 Å². The standard InChI is InChI=1S/C6H10O7/c7-1-2(8)4(5(10)11)13-6(12)3(1)9/h1-4,6-9,12H,(H,10,11)/t1-,2-,3+,4-,6+/m0/s1/i1D,2D,3D,6D. The van der Waals surface area contributed by atoms with Gasteiger partial charge in [-0.3, -0.25) is 0 Å². The van der Waals surface area contributed by atoms with Crippen LogP contribution in [0, 0.1) is 0 Å². The fourth-order valence-corrected chi connectivity index (χ4v) is 0.737. The van der Waals surface area contributed by atoms with E-state index in [4.69, 9.17) is 15.7 Å². The van der Waals surface area contributed by atoms with Crippen LogP contribution in [-0.4, -0.2) is 62.1 Å². The molecule has 76 valence electrons. The van der Waals surface area contributed by atoms with Crippen molar-refractivity contribution in [3.63, 3.8) is 0 Å². The number of hydrogen-bond donors (Lipinski definition) is 5. The first-order chi connectivity index (χ1) is 7.29. The second-order valence-electron chi connectivity index (χ2n) is 2.22. The molecule has 13 heavy (non-hydrogen) atoms. The average Bonchev–Trinajstić information content (AvgIpc) is 2.11. The Morgan fingerprint density at radius 1 is 1.15 bits per heavy atom. The fraction of sp³-hybridized carbons (Fsp3) is 0.833. The summed E-state index contributed by atoms with van der Waals surface area (Å²) >= 11 is 0. The summed E-state index contributed by atoms with van der Waals surface area (Å²) in [5.74, 6) is -2.06. The van der Waals surface area contributed by atoms with Gasteiger partial charge >= 0.3 is 5.97 Å². The highest BCUT2D eigenvalue weighted by Crippen LogP contribution is 2.19. The molecule has 1 aliphatic heterocycles. The van der Waals surface area contributed by atoms with E-state index >= 15 is 0 Å². The van der Waals surface area contributed by atoms with E-state index in [-0.39, 0.29) is 0 Å². The molecular weight excluding hydrogens is 184 g/mol. The van der Waals surface area contributed by atoms with Gasteiger partial charge < -0.3 is 30.3 Å². The number of ether oxygens (including phenoxy) is 1. The first-order valence-electron chi connectivity index (χ1n) is 5.09. The van der Waals surface area contributed by atoms with Gasteiger partial charge in [0.25, 0.3) is 0 Å². The molecule has 0 amide bonds. The van der Waals surface area contributed by atoms with Gasteiger partial charge in [-0.15, -0.1) is 0 Å². The number of carboxylic acids is 1. The van der Waals surface area contributed by atoms with E-state index < -0.39 is 36.6 Å². The van der Waals surface area contributed by atoms with E-state index in [9.17, 15) is 20.1 Å².